The summed E-state index contributed by atoms with van der Waals surface area (Å²) >= 11 is 0. The van der Waals surface area contributed by atoms with E-state index in [2.05, 4.69) is 10.1 Å². The maximum absolute atomic E-state index is 11.0. The maximum atomic E-state index is 11.0. The number of fused-ring (bicyclic) bond motifs is 1. The summed E-state index contributed by atoms with van der Waals surface area (Å²) in [6, 6.07) is 8.30. The molecule has 0 spiro atoms. The number of aromatic nitrogens is 3. The van der Waals surface area contributed by atoms with Crippen molar-refractivity contribution in [2.24, 2.45) is 0 Å². The number of pyridine rings is 1. The molecule has 1 aromatic carbocycles. The maximum Gasteiger partial charge on any atom is 0.335 e. The number of benzene rings is 1. The molecule has 2 heterocycles. The highest BCUT2D eigenvalue weighted by atomic mass is 16.5. The predicted molar refractivity (Wildman–Crippen MR) is 99.0 cm³/mol. The Hall–Kier alpha value is -2.77. The van der Waals surface area contributed by atoms with Crippen molar-refractivity contribution >= 4 is 17.0 Å². The molecule has 7 nitrogen and oxygen atoms in total. The van der Waals surface area contributed by atoms with Crippen molar-refractivity contribution in [1.29, 1.82) is 0 Å². The Kier molecular flexibility index (Phi) is 4.87. The van der Waals surface area contributed by atoms with Gasteiger partial charge in [0.05, 0.1) is 30.2 Å². The summed E-state index contributed by atoms with van der Waals surface area (Å²) in [5, 5.41) is 24.5. The van der Waals surface area contributed by atoms with Crippen molar-refractivity contribution in [2.45, 2.75) is 37.9 Å². The van der Waals surface area contributed by atoms with E-state index in [1.54, 1.807) is 29.2 Å². The van der Waals surface area contributed by atoms with E-state index in [9.17, 15) is 9.90 Å². The SMILES string of the molecule is O=C(O)c1ccc(-n2ncc3cc([C@@H](O)COC4CCCC4)cnc32)cc1. The zero-order valence-corrected chi connectivity index (χ0v) is 14.8. The minimum Gasteiger partial charge on any atom is -0.478 e. The lowest BCUT2D eigenvalue weighted by Gasteiger charge is -2.15. The molecular formula is C20H21N3O4. The number of ether oxygens (including phenoxy) is 1. The van der Waals surface area contributed by atoms with Crippen LogP contribution >= 0.6 is 0 Å². The number of hydrogen-bond donors (Lipinski definition) is 2. The van der Waals surface area contributed by atoms with Crippen LogP contribution in [-0.2, 0) is 4.74 Å². The second-order valence-electron chi connectivity index (χ2n) is 6.85. The number of aliphatic hydroxyl groups is 1. The van der Waals surface area contributed by atoms with Crippen molar-refractivity contribution in [3.05, 3.63) is 53.9 Å². The number of aromatic carboxylic acids is 1. The second kappa shape index (κ2) is 7.46. The van der Waals surface area contributed by atoms with Crippen LogP contribution in [0.3, 0.4) is 0 Å². The van der Waals surface area contributed by atoms with Crippen molar-refractivity contribution < 1.29 is 19.7 Å². The van der Waals surface area contributed by atoms with Gasteiger partial charge in [-0.1, -0.05) is 12.8 Å². The number of carboxylic acids is 1. The van der Waals surface area contributed by atoms with E-state index < -0.39 is 12.1 Å². The molecule has 1 aliphatic carbocycles. The first-order valence-electron chi connectivity index (χ1n) is 9.09. The Morgan fingerprint density at radius 1 is 1.22 bits per heavy atom. The normalized spacial score (nSPS) is 16.0. The molecule has 0 amide bonds. The van der Waals surface area contributed by atoms with Crippen LogP contribution in [0.4, 0.5) is 0 Å². The molecule has 3 aromatic rings. The van der Waals surface area contributed by atoms with Crippen molar-refractivity contribution in [2.75, 3.05) is 6.61 Å². The van der Waals surface area contributed by atoms with Gasteiger partial charge < -0.3 is 14.9 Å². The van der Waals surface area contributed by atoms with Gasteiger partial charge in [0.15, 0.2) is 5.65 Å². The van der Waals surface area contributed by atoms with Crippen molar-refractivity contribution in [3.63, 3.8) is 0 Å². The van der Waals surface area contributed by atoms with Gasteiger partial charge in [0.2, 0.25) is 0 Å². The summed E-state index contributed by atoms with van der Waals surface area (Å²) in [6.45, 7) is 0.267. The Morgan fingerprint density at radius 3 is 2.67 bits per heavy atom. The monoisotopic (exact) mass is 367 g/mol. The fourth-order valence-electron chi connectivity index (χ4n) is 3.43. The summed E-state index contributed by atoms with van der Waals surface area (Å²) in [5.74, 6) is -0.969. The largest absolute Gasteiger partial charge is 0.478 e. The molecule has 0 bridgehead atoms. The number of carboxylic acid groups (broad SMARTS) is 1. The van der Waals surface area contributed by atoms with E-state index >= 15 is 0 Å². The lowest BCUT2D eigenvalue weighted by molar-refractivity contribution is -0.00704. The average Bonchev–Trinajstić information content (AvgIpc) is 3.35. The molecule has 0 unspecified atom stereocenters. The second-order valence-corrected chi connectivity index (χ2v) is 6.85. The lowest BCUT2D eigenvalue weighted by Crippen LogP contribution is -2.14. The molecule has 2 aromatic heterocycles. The van der Waals surface area contributed by atoms with Crippen LogP contribution in [0.15, 0.2) is 42.7 Å². The molecule has 0 radical (unpaired) electrons. The van der Waals surface area contributed by atoms with Gasteiger partial charge in [0, 0.05) is 17.1 Å². The number of aliphatic hydroxyl groups excluding tert-OH is 1. The van der Waals surface area contributed by atoms with Crippen LogP contribution in [0, 0.1) is 0 Å². The van der Waals surface area contributed by atoms with Crippen molar-refractivity contribution in [3.8, 4) is 5.69 Å². The van der Waals surface area contributed by atoms with E-state index in [4.69, 9.17) is 9.84 Å². The van der Waals surface area contributed by atoms with Crippen LogP contribution in [0.25, 0.3) is 16.7 Å². The van der Waals surface area contributed by atoms with E-state index in [0.29, 0.717) is 11.2 Å². The van der Waals surface area contributed by atoms with Gasteiger partial charge in [-0.15, -0.1) is 0 Å². The number of rotatable bonds is 6. The van der Waals surface area contributed by atoms with E-state index in [1.165, 1.54) is 25.0 Å². The van der Waals surface area contributed by atoms with E-state index in [1.807, 2.05) is 6.07 Å². The van der Waals surface area contributed by atoms with Crippen LogP contribution in [0.1, 0.15) is 47.7 Å². The fraction of sp³-hybridized carbons (Fsp3) is 0.350. The zero-order chi connectivity index (χ0) is 18.8. The zero-order valence-electron chi connectivity index (χ0n) is 14.8. The standard InChI is InChI=1S/C20H21N3O4/c24-18(12-27-17-3-1-2-4-17)14-9-15-11-22-23(19(15)21-10-14)16-7-5-13(6-8-16)20(25)26/h5-11,17-18,24H,1-4,12H2,(H,25,26)/t18-/m0/s1. The number of nitrogens with zero attached hydrogens (tertiary/aromatic N) is 3. The van der Waals surface area contributed by atoms with Gasteiger partial charge in [-0.25, -0.2) is 14.5 Å². The summed E-state index contributed by atoms with van der Waals surface area (Å²) in [6.07, 6.45) is 7.38. The highest BCUT2D eigenvalue weighted by Gasteiger charge is 2.18. The molecule has 1 saturated carbocycles. The lowest BCUT2D eigenvalue weighted by atomic mass is 10.1. The van der Waals surface area contributed by atoms with Gasteiger partial charge >= 0.3 is 5.97 Å². The molecular weight excluding hydrogens is 346 g/mol. The fourth-order valence-corrected chi connectivity index (χ4v) is 3.43. The minimum absolute atomic E-state index is 0.218. The van der Waals surface area contributed by atoms with E-state index in [-0.39, 0.29) is 18.3 Å². The molecule has 2 N–H and O–H groups in total. The Bertz CT molecular complexity index is 946. The van der Waals surface area contributed by atoms with Crippen LogP contribution < -0.4 is 0 Å². The van der Waals surface area contributed by atoms with Crippen LogP contribution in [-0.4, -0.2) is 43.7 Å². The first-order chi connectivity index (χ1) is 13.1. The summed E-state index contributed by atoms with van der Waals surface area (Å²) in [5.41, 5.74) is 2.28. The van der Waals surface area contributed by atoms with Crippen LogP contribution in [0.2, 0.25) is 0 Å². The summed E-state index contributed by atoms with van der Waals surface area (Å²) in [7, 11) is 0. The quantitative estimate of drug-likeness (QED) is 0.695. The van der Waals surface area contributed by atoms with Gasteiger partial charge in [-0.05, 0) is 43.2 Å². The highest BCUT2D eigenvalue weighted by Crippen LogP contribution is 2.24. The molecule has 1 fully saturated rings. The topological polar surface area (TPSA) is 97.5 Å². The van der Waals surface area contributed by atoms with Gasteiger partial charge in [-0.3, -0.25) is 0 Å². The van der Waals surface area contributed by atoms with Crippen LogP contribution in [0.5, 0.6) is 0 Å². The van der Waals surface area contributed by atoms with Gasteiger partial charge in [-0.2, -0.15) is 5.10 Å². The van der Waals surface area contributed by atoms with Crippen molar-refractivity contribution in [1.82, 2.24) is 14.8 Å². The third-order valence-corrected chi connectivity index (χ3v) is 4.96. The smallest absolute Gasteiger partial charge is 0.335 e. The number of hydrogen-bond acceptors (Lipinski definition) is 5. The third-order valence-electron chi connectivity index (χ3n) is 4.96. The predicted octanol–water partition coefficient (Wildman–Crippen LogP) is 3.11. The van der Waals surface area contributed by atoms with E-state index in [0.717, 1.165) is 23.9 Å². The Labute approximate surface area is 156 Å². The molecule has 140 valence electrons. The first kappa shape index (κ1) is 17.6. The number of carbonyl (C=O) groups is 1. The highest BCUT2D eigenvalue weighted by molar-refractivity contribution is 5.87. The third kappa shape index (κ3) is 3.70. The average molecular weight is 367 g/mol. The molecule has 0 saturated heterocycles. The first-order valence-corrected chi connectivity index (χ1v) is 9.09. The molecule has 27 heavy (non-hydrogen) atoms. The summed E-state index contributed by atoms with van der Waals surface area (Å²) < 4.78 is 7.43. The molecule has 1 aliphatic rings. The summed E-state index contributed by atoms with van der Waals surface area (Å²) in [4.78, 5) is 15.4. The molecule has 4 rings (SSSR count). The molecule has 7 heteroatoms. The van der Waals surface area contributed by atoms with Gasteiger partial charge in [0.25, 0.3) is 0 Å². The van der Waals surface area contributed by atoms with Gasteiger partial charge in [0.1, 0.15) is 6.10 Å². The molecule has 1 atom stereocenters. The Morgan fingerprint density at radius 2 is 1.96 bits per heavy atom. The Balaban J connectivity index is 1.53. The molecule has 0 aliphatic heterocycles. The minimum atomic E-state index is -0.969.